The Morgan fingerprint density at radius 2 is 1.92 bits per heavy atom. The van der Waals surface area contributed by atoms with Crippen molar-refractivity contribution in [2.45, 2.75) is 34.1 Å². The minimum atomic E-state index is 0.607. The Morgan fingerprint density at radius 3 is 2.62 bits per heavy atom. The fourth-order valence-electron chi connectivity index (χ4n) is 2.29. The van der Waals surface area contributed by atoms with Crippen molar-refractivity contribution in [3.63, 3.8) is 0 Å². The molecule has 4 heteroatoms. The molecule has 24 heavy (non-hydrogen) atoms. The molecule has 0 fully saturated rings. The normalized spacial score (nSPS) is 11.0. The van der Waals surface area contributed by atoms with Crippen LogP contribution >= 0.6 is 22.6 Å². The molecule has 2 aromatic rings. The first-order valence-electron chi connectivity index (χ1n) is 8.26. The fourth-order valence-corrected chi connectivity index (χ4v) is 3.07. The van der Waals surface area contributed by atoms with Gasteiger partial charge in [-0.15, -0.1) is 0 Å². The summed E-state index contributed by atoms with van der Waals surface area (Å²) in [5, 5.41) is 0. The highest BCUT2D eigenvalue weighted by Crippen LogP contribution is 2.34. The molecule has 3 nitrogen and oxygen atoms in total. The molecule has 2 rings (SSSR count). The van der Waals surface area contributed by atoms with Crippen LogP contribution in [0.1, 0.15) is 37.0 Å². The standard InChI is InChI=1S/C20H24INO2/c1-5-10-24-20-17(21)11-16(12-19(20)23-6-2)13-22-18-9-7-8-14(3)15(18)4/h7-9,11-13H,5-6,10H2,1-4H3. The van der Waals surface area contributed by atoms with Gasteiger partial charge in [0.15, 0.2) is 11.5 Å². The molecule has 0 saturated carbocycles. The van der Waals surface area contributed by atoms with Crippen molar-refractivity contribution in [2.75, 3.05) is 13.2 Å². The number of aliphatic imine (C=N–C) groups is 1. The maximum absolute atomic E-state index is 5.85. The highest BCUT2D eigenvalue weighted by Gasteiger charge is 2.11. The Labute approximate surface area is 158 Å². The Bertz CT molecular complexity index is 726. The van der Waals surface area contributed by atoms with Crippen LogP contribution in [0.4, 0.5) is 5.69 Å². The van der Waals surface area contributed by atoms with E-state index in [1.54, 1.807) is 0 Å². The van der Waals surface area contributed by atoms with Gasteiger partial charge >= 0.3 is 0 Å². The van der Waals surface area contributed by atoms with Crippen LogP contribution in [-0.4, -0.2) is 19.4 Å². The molecule has 0 unspecified atom stereocenters. The number of ether oxygens (including phenoxy) is 2. The molecule has 0 aromatic heterocycles. The predicted octanol–water partition coefficient (Wildman–Crippen LogP) is 5.85. The van der Waals surface area contributed by atoms with E-state index in [-0.39, 0.29) is 0 Å². The van der Waals surface area contributed by atoms with Gasteiger partial charge in [-0.3, -0.25) is 4.99 Å². The molecule has 128 valence electrons. The molecule has 0 atom stereocenters. The lowest BCUT2D eigenvalue weighted by molar-refractivity contribution is 0.275. The zero-order valence-corrected chi connectivity index (χ0v) is 16.9. The van der Waals surface area contributed by atoms with E-state index in [0.717, 1.165) is 32.7 Å². The van der Waals surface area contributed by atoms with Crippen LogP contribution in [0.25, 0.3) is 0 Å². The number of rotatable bonds is 7. The first-order valence-corrected chi connectivity index (χ1v) is 9.34. The minimum absolute atomic E-state index is 0.607. The van der Waals surface area contributed by atoms with Crippen molar-refractivity contribution >= 4 is 34.5 Å². The van der Waals surface area contributed by atoms with Gasteiger partial charge in [-0.2, -0.15) is 0 Å². The van der Waals surface area contributed by atoms with Crippen molar-refractivity contribution in [3.05, 3.63) is 50.6 Å². The first-order chi connectivity index (χ1) is 11.6. The van der Waals surface area contributed by atoms with Gasteiger partial charge in [-0.05, 0) is 84.7 Å². The van der Waals surface area contributed by atoms with E-state index in [1.807, 2.05) is 31.3 Å². The smallest absolute Gasteiger partial charge is 0.174 e. The van der Waals surface area contributed by atoms with Crippen molar-refractivity contribution in [3.8, 4) is 11.5 Å². The Morgan fingerprint density at radius 1 is 1.12 bits per heavy atom. The average Bonchev–Trinajstić information content (AvgIpc) is 2.56. The highest BCUT2D eigenvalue weighted by atomic mass is 127. The summed E-state index contributed by atoms with van der Waals surface area (Å²) in [6, 6.07) is 10.2. The third-order valence-corrected chi connectivity index (χ3v) is 4.51. The summed E-state index contributed by atoms with van der Waals surface area (Å²) in [4.78, 5) is 4.65. The fraction of sp³-hybridized carbons (Fsp3) is 0.350. The van der Waals surface area contributed by atoms with E-state index in [0.29, 0.717) is 13.2 Å². The van der Waals surface area contributed by atoms with Crippen LogP contribution in [0, 0.1) is 17.4 Å². The summed E-state index contributed by atoms with van der Waals surface area (Å²) >= 11 is 2.29. The van der Waals surface area contributed by atoms with Crippen molar-refractivity contribution in [1.82, 2.24) is 0 Å². The third kappa shape index (κ3) is 4.72. The van der Waals surface area contributed by atoms with Gasteiger partial charge in [0.2, 0.25) is 0 Å². The lowest BCUT2D eigenvalue weighted by Crippen LogP contribution is -2.02. The third-order valence-electron chi connectivity index (χ3n) is 3.71. The van der Waals surface area contributed by atoms with Crippen LogP contribution < -0.4 is 9.47 Å². The summed E-state index contributed by atoms with van der Waals surface area (Å²) in [6.45, 7) is 9.57. The number of aryl methyl sites for hydroxylation is 1. The molecule has 0 amide bonds. The topological polar surface area (TPSA) is 30.8 Å². The number of nitrogens with zero attached hydrogens (tertiary/aromatic N) is 1. The first kappa shape index (κ1) is 18.8. The van der Waals surface area contributed by atoms with Gasteiger partial charge in [-0.1, -0.05) is 19.1 Å². The summed E-state index contributed by atoms with van der Waals surface area (Å²) in [7, 11) is 0. The van der Waals surface area contributed by atoms with Crippen LogP contribution in [-0.2, 0) is 0 Å². The van der Waals surface area contributed by atoms with E-state index in [4.69, 9.17) is 9.47 Å². The number of benzene rings is 2. The second-order valence-electron chi connectivity index (χ2n) is 5.59. The lowest BCUT2D eigenvalue weighted by Gasteiger charge is -2.14. The number of halogens is 1. The van der Waals surface area contributed by atoms with Crippen molar-refractivity contribution in [2.24, 2.45) is 4.99 Å². The molecule has 0 saturated heterocycles. The van der Waals surface area contributed by atoms with Crippen LogP contribution in [0.5, 0.6) is 11.5 Å². The molecule has 0 bridgehead atoms. The van der Waals surface area contributed by atoms with E-state index in [1.165, 1.54) is 11.1 Å². The number of hydrogen-bond donors (Lipinski definition) is 0. The maximum Gasteiger partial charge on any atom is 0.174 e. The van der Waals surface area contributed by atoms with Gasteiger partial charge in [0.05, 0.1) is 22.5 Å². The molecule has 0 aliphatic rings. The number of hydrogen-bond acceptors (Lipinski definition) is 3. The molecule has 2 aromatic carbocycles. The van der Waals surface area contributed by atoms with Gasteiger partial charge in [0, 0.05) is 6.21 Å². The molecule has 0 N–H and O–H groups in total. The van der Waals surface area contributed by atoms with Crippen LogP contribution in [0.15, 0.2) is 35.3 Å². The molecular formula is C20H24INO2. The molecule has 0 radical (unpaired) electrons. The second kappa shape index (κ2) is 9.06. The van der Waals surface area contributed by atoms with Crippen molar-refractivity contribution in [1.29, 1.82) is 0 Å². The summed E-state index contributed by atoms with van der Waals surface area (Å²) in [6.07, 6.45) is 2.85. The molecule has 0 aliphatic heterocycles. The second-order valence-corrected chi connectivity index (χ2v) is 6.75. The minimum Gasteiger partial charge on any atom is -0.490 e. The quantitative estimate of drug-likeness (QED) is 0.402. The van der Waals surface area contributed by atoms with E-state index >= 15 is 0 Å². The van der Waals surface area contributed by atoms with Crippen LogP contribution in [0.3, 0.4) is 0 Å². The monoisotopic (exact) mass is 437 g/mol. The Kier molecular flexibility index (Phi) is 7.09. The average molecular weight is 437 g/mol. The van der Waals surface area contributed by atoms with Gasteiger partial charge in [0.25, 0.3) is 0 Å². The summed E-state index contributed by atoms with van der Waals surface area (Å²) in [5.74, 6) is 1.60. The van der Waals surface area contributed by atoms with E-state index in [2.05, 4.69) is 60.5 Å². The Hall–Kier alpha value is -1.56. The molecular weight excluding hydrogens is 413 g/mol. The zero-order valence-electron chi connectivity index (χ0n) is 14.7. The summed E-state index contributed by atoms with van der Waals surface area (Å²) in [5.41, 5.74) is 4.45. The van der Waals surface area contributed by atoms with E-state index < -0.39 is 0 Å². The Balaban J connectivity index is 2.33. The predicted molar refractivity (Wildman–Crippen MR) is 109 cm³/mol. The molecule has 0 aliphatic carbocycles. The van der Waals surface area contributed by atoms with Crippen molar-refractivity contribution < 1.29 is 9.47 Å². The highest BCUT2D eigenvalue weighted by molar-refractivity contribution is 14.1. The zero-order chi connectivity index (χ0) is 17.5. The van der Waals surface area contributed by atoms with E-state index in [9.17, 15) is 0 Å². The summed E-state index contributed by atoms with van der Waals surface area (Å²) < 4.78 is 12.6. The van der Waals surface area contributed by atoms with Gasteiger partial charge in [0.1, 0.15) is 0 Å². The van der Waals surface area contributed by atoms with Crippen LogP contribution in [0.2, 0.25) is 0 Å². The maximum atomic E-state index is 5.85. The lowest BCUT2D eigenvalue weighted by atomic mass is 10.1. The van der Waals surface area contributed by atoms with Gasteiger partial charge in [-0.25, -0.2) is 0 Å². The van der Waals surface area contributed by atoms with Gasteiger partial charge < -0.3 is 9.47 Å². The SMILES string of the molecule is CCCOc1c(I)cc(C=Nc2cccc(C)c2C)cc1OCC. The molecule has 0 spiro atoms. The largest absolute Gasteiger partial charge is 0.490 e. The molecule has 0 heterocycles.